The highest BCUT2D eigenvalue weighted by Gasteiger charge is 2.04. The van der Waals surface area contributed by atoms with Gasteiger partial charge in [-0.25, -0.2) is 0 Å². The zero-order chi connectivity index (χ0) is 8.27. The van der Waals surface area contributed by atoms with E-state index in [-0.39, 0.29) is 0 Å². The Balaban J connectivity index is 2.66. The summed E-state index contributed by atoms with van der Waals surface area (Å²) in [5, 5.41) is 0. The Labute approximate surface area is 72.2 Å². The van der Waals surface area contributed by atoms with Crippen LogP contribution < -0.4 is 0 Å². The monoisotopic (exact) mass is 170 g/mol. The largest absolute Gasteiger partial charge is 0.465 e. The van der Waals surface area contributed by atoms with Crippen molar-refractivity contribution in [1.29, 1.82) is 0 Å². The molecule has 0 aliphatic rings. The molecule has 1 nitrogen and oxygen atoms in total. The molecule has 0 spiro atoms. The van der Waals surface area contributed by atoms with E-state index >= 15 is 0 Å². The third kappa shape index (κ3) is 2.29. The summed E-state index contributed by atoms with van der Waals surface area (Å²) in [5.41, 5.74) is 0. The second-order valence-corrected chi connectivity index (χ2v) is 3.76. The molecule has 0 aliphatic heterocycles. The molecular weight excluding hydrogens is 156 g/mol. The molecule has 0 aliphatic carbocycles. The molecule has 62 valence electrons. The van der Waals surface area contributed by atoms with Crippen LogP contribution in [0.25, 0.3) is 0 Å². The maximum Gasteiger partial charge on any atom is 0.114 e. The second-order valence-electron chi connectivity index (χ2n) is 2.89. The summed E-state index contributed by atoms with van der Waals surface area (Å²) in [4.78, 5) is 0. The third-order valence-electron chi connectivity index (χ3n) is 1.54. The van der Waals surface area contributed by atoms with Crippen LogP contribution in [-0.2, 0) is 5.75 Å². The van der Waals surface area contributed by atoms with Gasteiger partial charge in [0.1, 0.15) is 11.5 Å². The van der Waals surface area contributed by atoms with E-state index < -0.39 is 0 Å². The molecule has 0 bridgehead atoms. The first kappa shape index (κ1) is 8.72. The SMILES string of the molecule is CSCc1ccc(C(C)C)o1. The van der Waals surface area contributed by atoms with Crippen LogP contribution in [0.1, 0.15) is 31.3 Å². The molecule has 1 aromatic heterocycles. The maximum absolute atomic E-state index is 5.56. The van der Waals surface area contributed by atoms with Crippen LogP contribution in [0.5, 0.6) is 0 Å². The minimum Gasteiger partial charge on any atom is -0.465 e. The highest BCUT2D eigenvalue weighted by atomic mass is 32.2. The summed E-state index contributed by atoms with van der Waals surface area (Å²) in [6, 6.07) is 4.13. The van der Waals surface area contributed by atoms with Gasteiger partial charge in [-0.3, -0.25) is 0 Å². The Morgan fingerprint density at radius 3 is 2.64 bits per heavy atom. The number of hydrogen-bond donors (Lipinski definition) is 0. The zero-order valence-corrected chi connectivity index (χ0v) is 8.07. The highest BCUT2D eigenvalue weighted by Crippen LogP contribution is 2.19. The van der Waals surface area contributed by atoms with Gasteiger partial charge in [0.05, 0.1) is 5.75 Å². The summed E-state index contributed by atoms with van der Waals surface area (Å²) < 4.78 is 5.56. The fourth-order valence-corrected chi connectivity index (χ4v) is 1.36. The minimum absolute atomic E-state index is 0.505. The van der Waals surface area contributed by atoms with Gasteiger partial charge in [0.2, 0.25) is 0 Å². The summed E-state index contributed by atoms with van der Waals surface area (Å²) in [6.45, 7) is 4.28. The maximum atomic E-state index is 5.56. The first-order chi connectivity index (χ1) is 5.24. The summed E-state index contributed by atoms with van der Waals surface area (Å²) >= 11 is 1.79. The molecule has 2 heteroatoms. The Hall–Kier alpha value is -0.370. The Morgan fingerprint density at radius 1 is 1.45 bits per heavy atom. The van der Waals surface area contributed by atoms with Gasteiger partial charge in [-0.15, -0.1) is 0 Å². The molecule has 0 amide bonds. The van der Waals surface area contributed by atoms with Crippen molar-refractivity contribution < 1.29 is 4.42 Å². The van der Waals surface area contributed by atoms with E-state index in [2.05, 4.69) is 32.2 Å². The van der Waals surface area contributed by atoms with Crippen LogP contribution in [0.4, 0.5) is 0 Å². The lowest BCUT2D eigenvalue weighted by atomic mass is 10.2. The first-order valence-corrected chi connectivity index (χ1v) is 5.21. The van der Waals surface area contributed by atoms with Crippen LogP contribution in [0.15, 0.2) is 16.5 Å². The van der Waals surface area contributed by atoms with Crippen LogP contribution in [-0.4, -0.2) is 6.26 Å². The lowest BCUT2D eigenvalue weighted by molar-refractivity contribution is 0.461. The fourth-order valence-electron chi connectivity index (χ4n) is 0.925. The average Bonchev–Trinajstić information content (AvgIpc) is 2.37. The van der Waals surface area contributed by atoms with Gasteiger partial charge in [0.25, 0.3) is 0 Å². The van der Waals surface area contributed by atoms with Gasteiger partial charge < -0.3 is 4.42 Å². The molecule has 0 saturated heterocycles. The van der Waals surface area contributed by atoms with E-state index in [9.17, 15) is 0 Å². The van der Waals surface area contributed by atoms with Crippen molar-refractivity contribution in [2.45, 2.75) is 25.5 Å². The van der Waals surface area contributed by atoms with E-state index in [1.54, 1.807) is 11.8 Å². The van der Waals surface area contributed by atoms with Gasteiger partial charge in [0, 0.05) is 5.92 Å². The van der Waals surface area contributed by atoms with Gasteiger partial charge in [-0.1, -0.05) is 13.8 Å². The van der Waals surface area contributed by atoms with Crippen molar-refractivity contribution in [2.75, 3.05) is 6.26 Å². The van der Waals surface area contributed by atoms with Crippen molar-refractivity contribution in [3.05, 3.63) is 23.7 Å². The van der Waals surface area contributed by atoms with Gasteiger partial charge in [0.15, 0.2) is 0 Å². The smallest absolute Gasteiger partial charge is 0.114 e. The first-order valence-electron chi connectivity index (χ1n) is 3.81. The number of thioether (sulfide) groups is 1. The van der Waals surface area contributed by atoms with Crippen LogP contribution in [0.2, 0.25) is 0 Å². The number of rotatable bonds is 3. The topological polar surface area (TPSA) is 13.1 Å². The fraction of sp³-hybridized carbons (Fsp3) is 0.556. The van der Waals surface area contributed by atoms with Crippen molar-refractivity contribution in [1.82, 2.24) is 0 Å². The predicted octanol–water partition coefficient (Wildman–Crippen LogP) is 3.27. The Morgan fingerprint density at radius 2 is 2.18 bits per heavy atom. The standard InChI is InChI=1S/C9H14OS/c1-7(2)9-5-4-8(10-9)6-11-3/h4-5,7H,6H2,1-3H3. The molecule has 1 aromatic rings. The minimum atomic E-state index is 0.505. The summed E-state index contributed by atoms with van der Waals surface area (Å²) in [6.07, 6.45) is 2.08. The molecule has 0 N–H and O–H groups in total. The van der Waals surface area contributed by atoms with Gasteiger partial charge in [-0.2, -0.15) is 11.8 Å². The molecule has 0 aromatic carbocycles. The van der Waals surface area contributed by atoms with E-state index in [1.165, 1.54) is 0 Å². The van der Waals surface area contributed by atoms with Gasteiger partial charge >= 0.3 is 0 Å². The van der Waals surface area contributed by atoms with E-state index in [4.69, 9.17) is 4.42 Å². The van der Waals surface area contributed by atoms with Crippen molar-refractivity contribution >= 4 is 11.8 Å². The molecule has 0 atom stereocenters. The molecule has 0 fully saturated rings. The van der Waals surface area contributed by atoms with E-state index in [0.717, 1.165) is 17.3 Å². The molecule has 0 radical (unpaired) electrons. The molecule has 1 rings (SSSR count). The third-order valence-corrected chi connectivity index (χ3v) is 2.11. The van der Waals surface area contributed by atoms with Crippen molar-refractivity contribution in [3.63, 3.8) is 0 Å². The summed E-state index contributed by atoms with van der Waals surface area (Å²) in [5.74, 6) is 3.66. The Kier molecular flexibility index (Phi) is 3.06. The highest BCUT2D eigenvalue weighted by molar-refractivity contribution is 7.97. The van der Waals surface area contributed by atoms with Gasteiger partial charge in [-0.05, 0) is 18.4 Å². The number of furan rings is 1. The Bertz CT molecular complexity index is 215. The van der Waals surface area contributed by atoms with E-state index in [1.807, 2.05) is 0 Å². The zero-order valence-electron chi connectivity index (χ0n) is 7.26. The molecule has 11 heavy (non-hydrogen) atoms. The predicted molar refractivity (Wildman–Crippen MR) is 50.0 cm³/mol. The molecule has 0 saturated carbocycles. The quantitative estimate of drug-likeness (QED) is 0.690. The normalized spacial score (nSPS) is 10.9. The van der Waals surface area contributed by atoms with Crippen LogP contribution >= 0.6 is 11.8 Å². The average molecular weight is 170 g/mol. The van der Waals surface area contributed by atoms with Crippen LogP contribution in [0, 0.1) is 0 Å². The second kappa shape index (κ2) is 3.86. The molecule has 1 heterocycles. The van der Waals surface area contributed by atoms with E-state index in [0.29, 0.717) is 5.92 Å². The lowest BCUT2D eigenvalue weighted by Gasteiger charge is -1.97. The lowest BCUT2D eigenvalue weighted by Crippen LogP contribution is -1.80. The summed E-state index contributed by atoms with van der Waals surface area (Å²) in [7, 11) is 0. The van der Waals surface area contributed by atoms with Crippen molar-refractivity contribution in [3.8, 4) is 0 Å². The molecular formula is C9H14OS. The van der Waals surface area contributed by atoms with Crippen molar-refractivity contribution in [2.24, 2.45) is 0 Å². The molecule has 0 unspecified atom stereocenters. The van der Waals surface area contributed by atoms with Crippen LogP contribution in [0.3, 0.4) is 0 Å². The number of hydrogen-bond acceptors (Lipinski definition) is 2.